The zero-order valence-corrected chi connectivity index (χ0v) is 12.1. The van der Waals surface area contributed by atoms with Gasteiger partial charge in [0.2, 0.25) is 5.78 Å². The van der Waals surface area contributed by atoms with Gasteiger partial charge in [0, 0.05) is 6.07 Å². The third-order valence-corrected chi connectivity index (χ3v) is 4.44. The molecule has 104 valence electrons. The largest absolute Gasteiger partial charge is 0.453 e. The normalized spacial score (nSPS) is 10.2. The maximum Gasteiger partial charge on any atom is 0.349 e. The lowest BCUT2D eigenvalue weighted by molar-refractivity contribution is -0.380. The van der Waals surface area contributed by atoms with E-state index in [2.05, 4.69) is 0 Å². The molecule has 0 aliphatic heterocycles. The van der Waals surface area contributed by atoms with Gasteiger partial charge in [-0.05, 0) is 18.2 Å². The predicted molar refractivity (Wildman–Crippen MR) is 74.9 cm³/mol. The van der Waals surface area contributed by atoms with E-state index in [9.17, 15) is 19.7 Å². The molecule has 0 aromatic carbocycles. The molecule has 0 spiro atoms. The van der Waals surface area contributed by atoms with Gasteiger partial charge in [-0.2, -0.15) is 0 Å². The first-order valence-corrected chi connectivity index (χ1v) is 7.18. The van der Waals surface area contributed by atoms with Gasteiger partial charge in [0.25, 0.3) is 0 Å². The van der Waals surface area contributed by atoms with Crippen molar-refractivity contribution in [1.82, 2.24) is 0 Å². The van der Waals surface area contributed by atoms with Crippen LogP contribution in [0.5, 0.6) is 0 Å². The fourth-order valence-corrected chi connectivity index (χ4v) is 2.95. The number of ketones is 1. The molecule has 2 aromatic heterocycles. The first kappa shape index (κ1) is 14.6. The molecule has 0 unspecified atom stereocenters. The Morgan fingerprint density at radius 1 is 1.20 bits per heavy atom. The summed E-state index contributed by atoms with van der Waals surface area (Å²) in [5.41, 5.74) is 0. The van der Waals surface area contributed by atoms with Crippen LogP contribution in [0.2, 0.25) is 4.34 Å². The van der Waals surface area contributed by atoms with Crippen molar-refractivity contribution in [2.24, 2.45) is 0 Å². The van der Waals surface area contributed by atoms with Crippen LogP contribution >= 0.6 is 34.3 Å². The van der Waals surface area contributed by atoms with Gasteiger partial charge >= 0.3 is 11.0 Å². The van der Waals surface area contributed by atoms with E-state index in [0.717, 1.165) is 11.3 Å². The molecule has 0 saturated heterocycles. The molecule has 0 bridgehead atoms. The molecule has 2 aromatic rings. The van der Waals surface area contributed by atoms with E-state index in [0.29, 0.717) is 20.6 Å². The summed E-state index contributed by atoms with van der Waals surface area (Å²) >= 11 is 7.48. The summed E-state index contributed by atoms with van der Waals surface area (Å²) in [5.74, 6) is -1.14. The van der Waals surface area contributed by atoms with Crippen molar-refractivity contribution >= 4 is 51.0 Å². The Morgan fingerprint density at radius 3 is 2.45 bits per heavy atom. The number of ether oxygens (including phenoxy) is 1. The summed E-state index contributed by atoms with van der Waals surface area (Å²) in [6.45, 7) is -0.429. The lowest BCUT2D eigenvalue weighted by Gasteiger charge is -2.00. The molecule has 0 N–H and O–H groups in total. The molecule has 0 saturated carbocycles. The van der Waals surface area contributed by atoms with E-state index in [-0.39, 0.29) is 15.7 Å². The second kappa shape index (κ2) is 6.12. The molecule has 0 radical (unpaired) electrons. The summed E-state index contributed by atoms with van der Waals surface area (Å²) in [6.07, 6.45) is 0. The van der Waals surface area contributed by atoms with Crippen molar-refractivity contribution in [1.29, 1.82) is 0 Å². The lowest BCUT2D eigenvalue weighted by atomic mass is 10.3. The third kappa shape index (κ3) is 3.41. The zero-order valence-electron chi connectivity index (χ0n) is 9.70. The average molecular weight is 332 g/mol. The van der Waals surface area contributed by atoms with E-state index < -0.39 is 17.5 Å². The van der Waals surface area contributed by atoms with E-state index >= 15 is 0 Å². The first-order valence-electron chi connectivity index (χ1n) is 5.17. The van der Waals surface area contributed by atoms with Gasteiger partial charge in [0.15, 0.2) is 6.61 Å². The number of hydrogen-bond donors (Lipinski definition) is 0. The number of halogens is 1. The van der Waals surface area contributed by atoms with Crippen molar-refractivity contribution in [2.75, 3.05) is 6.61 Å². The number of carbonyl (C=O) groups is 2. The number of thiophene rings is 2. The topological polar surface area (TPSA) is 86.5 Å². The number of carbonyl (C=O) groups excluding carboxylic acids is 2. The van der Waals surface area contributed by atoms with Gasteiger partial charge in [-0.3, -0.25) is 14.9 Å². The van der Waals surface area contributed by atoms with Crippen molar-refractivity contribution in [3.05, 3.63) is 48.5 Å². The molecule has 0 fully saturated rings. The molecule has 20 heavy (non-hydrogen) atoms. The Hall–Kier alpha value is -1.77. The fourth-order valence-electron chi connectivity index (χ4n) is 1.27. The van der Waals surface area contributed by atoms with Crippen LogP contribution in [0.15, 0.2) is 24.3 Å². The number of esters is 1. The second-order valence-electron chi connectivity index (χ2n) is 3.50. The highest BCUT2D eigenvalue weighted by Gasteiger charge is 2.18. The average Bonchev–Trinajstić information content (AvgIpc) is 3.04. The minimum absolute atomic E-state index is 0.0775. The van der Waals surface area contributed by atoms with Gasteiger partial charge < -0.3 is 4.74 Å². The molecule has 0 atom stereocenters. The summed E-state index contributed by atoms with van der Waals surface area (Å²) in [6, 6.07) is 5.61. The number of nitrogens with zero attached hydrogens (tertiary/aromatic N) is 1. The standard InChI is InChI=1S/C11H6ClNO5S2/c12-9-3-1-7(19-9)6(14)5-18-11(15)8-2-4-10(20-8)13(16)17/h1-4H,5H2. The highest BCUT2D eigenvalue weighted by atomic mass is 35.5. The Balaban J connectivity index is 1.94. The van der Waals surface area contributed by atoms with Gasteiger partial charge in [0.1, 0.15) is 4.88 Å². The molecule has 0 amide bonds. The maximum absolute atomic E-state index is 11.7. The lowest BCUT2D eigenvalue weighted by Crippen LogP contribution is -2.12. The molecular formula is C11H6ClNO5S2. The molecular weight excluding hydrogens is 326 g/mol. The van der Waals surface area contributed by atoms with Crippen LogP contribution in [0, 0.1) is 10.1 Å². The summed E-state index contributed by atoms with van der Waals surface area (Å²) in [4.78, 5) is 33.6. The first-order chi connectivity index (χ1) is 9.47. The SMILES string of the molecule is O=C(COC(=O)c1ccc([N+](=O)[O-])s1)c1ccc(Cl)s1. The summed E-state index contributed by atoms with van der Waals surface area (Å²) in [7, 11) is 0. The quantitative estimate of drug-likeness (QED) is 0.362. The minimum atomic E-state index is -0.765. The molecule has 2 rings (SSSR count). The maximum atomic E-state index is 11.7. The van der Waals surface area contributed by atoms with Crippen LogP contribution in [-0.2, 0) is 4.74 Å². The van der Waals surface area contributed by atoms with Crippen molar-refractivity contribution < 1.29 is 19.2 Å². The summed E-state index contributed by atoms with van der Waals surface area (Å²) in [5, 5.41) is 10.3. The van der Waals surface area contributed by atoms with Crippen LogP contribution in [0.1, 0.15) is 19.3 Å². The Labute approximate surface area is 125 Å². The van der Waals surface area contributed by atoms with Gasteiger partial charge in [-0.15, -0.1) is 11.3 Å². The number of hydrogen-bond acceptors (Lipinski definition) is 7. The van der Waals surface area contributed by atoms with Crippen molar-refractivity contribution in [3.63, 3.8) is 0 Å². The molecule has 2 heterocycles. The van der Waals surface area contributed by atoms with Gasteiger partial charge in [-0.1, -0.05) is 22.9 Å². The van der Waals surface area contributed by atoms with E-state index in [4.69, 9.17) is 16.3 Å². The Bertz CT molecular complexity index is 678. The second-order valence-corrected chi connectivity index (χ2v) is 6.28. The van der Waals surface area contributed by atoms with Gasteiger partial charge in [-0.25, -0.2) is 4.79 Å². The van der Waals surface area contributed by atoms with Crippen LogP contribution in [0.25, 0.3) is 0 Å². The zero-order chi connectivity index (χ0) is 14.7. The summed E-state index contributed by atoms with van der Waals surface area (Å²) < 4.78 is 5.28. The fraction of sp³-hybridized carbons (Fsp3) is 0.0909. The smallest absolute Gasteiger partial charge is 0.349 e. The van der Waals surface area contributed by atoms with Crippen molar-refractivity contribution in [3.8, 4) is 0 Å². The third-order valence-electron chi connectivity index (χ3n) is 2.16. The highest BCUT2D eigenvalue weighted by molar-refractivity contribution is 7.18. The van der Waals surface area contributed by atoms with Crippen LogP contribution < -0.4 is 0 Å². The number of rotatable bonds is 5. The van der Waals surface area contributed by atoms with Crippen molar-refractivity contribution in [2.45, 2.75) is 0 Å². The molecule has 9 heteroatoms. The van der Waals surface area contributed by atoms with Crippen LogP contribution in [0.3, 0.4) is 0 Å². The minimum Gasteiger partial charge on any atom is -0.453 e. The Kier molecular flexibility index (Phi) is 4.48. The molecule has 0 aliphatic rings. The van der Waals surface area contributed by atoms with Gasteiger partial charge in [0.05, 0.1) is 14.1 Å². The molecule has 0 aliphatic carbocycles. The monoisotopic (exact) mass is 331 g/mol. The van der Waals surface area contributed by atoms with E-state index in [1.165, 1.54) is 12.1 Å². The Morgan fingerprint density at radius 2 is 1.90 bits per heavy atom. The van der Waals surface area contributed by atoms with Crippen LogP contribution in [0.4, 0.5) is 5.00 Å². The number of Topliss-reactive ketones (excluding diaryl/α,β-unsaturated/α-hetero) is 1. The van der Waals surface area contributed by atoms with E-state index in [1.54, 1.807) is 12.1 Å². The molecule has 6 nitrogen and oxygen atoms in total. The van der Waals surface area contributed by atoms with Crippen LogP contribution in [-0.4, -0.2) is 23.3 Å². The van der Waals surface area contributed by atoms with E-state index in [1.807, 2.05) is 0 Å². The number of nitro groups is 1. The highest BCUT2D eigenvalue weighted by Crippen LogP contribution is 2.25. The predicted octanol–water partition coefficient (Wildman–Crippen LogP) is 3.41.